The zero-order valence-corrected chi connectivity index (χ0v) is 13.3. The maximum atomic E-state index is 12.3. The van der Waals surface area contributed by atoms with Gasteiger partial charge in [-0.05, 0) is 55.4 Å². The molecule has 1 aromatic rings. The molecule has 0 aromatic heterocycles. The van der Waals surface area contributed by atoms with Crippen LogP contribution in [-0.2, 0) is 4.79 Å². The van der Waals surface area contributed by atoms with Gasteiger partial charge in [-0.1, -0.05) is 30.1 Å². The van der Waals surface area contributed by atoms with Crippen molar-refractivity contribution in [1.82, 2.24) is 0 Å². The number of anilines is 1. The van der Waals surface area contributed by atoms with Crippen molar-refractivity contribution in [3.05, 3.63) is 39.4 Å². The van der Waals surface area contributed by atoms with Gasteiger partial charge in [0.1, 0.15) is 11.6 Å². The fourth-order valence-corrected chi connectivity index (χ4v) is 2.77. The van der Waals surface area contributed by atoms with E-state index in [2.05, 4.69) is 12.2 Å². The van der Waals surface area contributed by atoms with Crippen molar-refractivity contribution in [2.24, 2.45) is 5.92 Å². The lowest BCUT2D eigenvalue weighted by molar-refractivity contribution is -0.112. The van der Waals surface area contributed by atoms with Crippen LogP contribution in [0, 0.1) is 17.2 Å². The van der Waals surface area contributed by atoms with E-state index in [1.165, 1.54) is 0 Å². The largest absolute Gasteiger partial charge is 0.320 e. The molecule has 0 saturated heterocycles. The number of nitriles is 1. The maximum Gasteiger partial charge on any atom is 0.266 e. The van der Waals surface area contributed by atoms with Crippen LogP contribution >= 0.6 is 23.2 Å². The molecule has 0 heterocycles. The van der Waals surface area contributed by atoms with Crippen LogP contribution < -0.4 is 5.32 Å². The number of amides is 1. The first kappa shape index (κ1) is 15.9. The van der Waals surface area contributed by atoms with Gasteiger partial charge in [0.05, 0.1) is 10.7 Å². The van der Waals surface area contributed by atoms with E-state index in [1.807, 2.05) is 6.07 Å². The highest BCUT2D eigenvalue weighted by Gasteiger charge is 2.20. The molecular formula is C16H16Cl2N2O. The van der Waals surface area contributed by atoms with E-state index in [4.69, 9.17) is 23.2 Å². The summed E-state index contributed by atoms with van der Waals surface area (Å²) in [6, 6.07) is 6.86. The summed E-state index contributed by atoms with van der Waals surface area (Å²) in [7, 11) is 0. The highest BCUT2D eigenvalue weighted by molar-refractivity contribution is 6.36. The Bertz CT molecular complexity index is 622. The van der Waals surface area contributed by atoms with Crippen molar-refractivity contribution < 1.29 is 4.79 Å². The molecule has 3 nitrogen and oxygen atoms in total. The van der Waals surface area contributed by atoms with Crippen molar-refractivity contribution in [3.63, 3.8) is 0 Å². The topological polar surface area (TPSA) is 52.9 Å². The zero-order chi connectivity index (χ0) is 15.4. The predicted molar refractivity (Wildman–Crippen MR) is 85.4 cm³/mol. The molecule has 0 bridgehead atoms. The first-order valence-corrected chi connectivity index (χ1v) is 7.65. The van der Waals surface area contributed by atoms with E-state index in [0.717, 1.165) is 31.3 Å². The lowest BCUT2D eigenvalue weighted by Crippen LogP contribution is -2.17. The van der Waals surface area contributed by atoms with Gasteiger partial charge in [0, 0.05) is 5.02 Å². The first-order valence-electron chi connectivity index (χ1n) is 6.89. The minimum atomic E-state index is -0.411. The second-order valence-electron chi connectivity index (χ2n) is 5.35. The summed E-state index contributed by atoms with van der Waals surface area (Å²) < 4.78 is 0. The maximum absolute atomic E-state index is 12.3. The van der Waals surface area contributed by atoms with Gasteiger partial charge < -0.3 is 5.32 Å². The molecular weight excluding hydrogens is 307 g/mol. The highest BCUT2D eigenvalue weighted by atomic mass is 35.5. The number of hydrogen-bond donors (Lipinski definition) is 1. The van der Waals surface area contributed by atoms with Gasteiger partial charge in [0.2, 0.25) is 0 Å². The third-order valence-electron chi connectivity index (χ3n) is 3.75. The van der Waals surface area contributed by atoms with Crippen LogP contribution in [0.15, 0.2) is 29.3 Å². The number of rotatable bonds is 2. The lowest BCUT2D eigenvalue weighted by Gasteiger charge is -2.21. The molecule has 1 fully saturated rings. The third kappa shape index (κ3) is 4.00. The van der Waals surface area contributed by atoms with Crippen LogP contribution in [0.3, 0.4) is 0 Å². The Morgan fingerprint density at radius 3 is 2.62 bits per heavy atom. The Morgan fingerprint density at radius 1 is 1.33 bits per heavy atom. The van der Waals surface area contributed by atoms with Gasteiger partial charge in [0.25, 0.3) is 5.91 Å². The van der Waals surface area contributed by atoms with Crippen LogP contribution in [0.1, 0.15) is 32.6 Å². The van der Waals surface area contributed by atoms with Gasteiger partial charge in [0.15, 0.2) is 0 Å². The predicted octanol–water partition coefficient (Wildman–Crippen LogP) is 4.96. The number of nitrogens with zero attached hydrogens (tertiary/aromatic N) is 1. The molecule has 1 amide bonds. The molecule has 21 heavy (non-hydrogen) atoms. The van der Waals surface area contributed by atoms with Crippen LogP contribution in [0.2, 0.25) is 10.0 Å². The Balaban J connectivity index is 2.20. The van der Waals surface area contributed by atoms with E-state index >= 15 is 0 Å². The summed E-state index contributed by atoms with van der Waals surface area (Å²) in [4.78, 5) is 12.3. The highest BCUT2D eigenvalue weighted by Crippen LogP contribution is 2.31. The van der Waals surface area contributed by atoms with Crippen molar-refractivity contribution in [2.75, 3.05) is 5.32 Å². The van der Waals surface area contributed by atoms with Crippen molar-refractivity contribution in [2.45, 2.75) is 32.6 Å². The van der Waals surface area contributed by atoms with E-state index in [1.54, 1.807) is 18.2 Å². The Morgan fingerprint density at radius 2 is 2.00 bits per heavy atom. The summed E-state index contributed by atoms with van der Waals surface area (Å²) in [6.07, 6.45) is 3.65. The summed E-state index contributed by atoms with van der Waals surface area (Å²) in [5, 5.41) is 12.8. The number of carbonyl (C=O) groups excluding carboxylic acids is 1. The molecule has 5 heteroatoms. The molecule has 110 valence electrons. The standard InChI is InChI=1S/C16H16Cl2N2O/c1-10-2-4-11(5-3-10)13(9-19)16(21)20-15-8-12(17)6-7-14(15)18/h6-8,10H,2-5H2,1H3,(H,20,21). The van der Waals surface area contributed by atoms with Gasteiger partial charge in [-0.2, -0.15) is 5.26 Å². The number of nitrogens with one attached hydrogen (secondary N) is 1. The third-order valence-corrected chi connectivity index (χ3v) is 4.31. The second kappa shape index (κ2) is 6.98. The van der Waals surface area contributed by atoms with Crippen LogP contribution in [0.5, 0.6) is 0 Å². The molecule has 1 N–H and O–H groups in total. The van der Waals surface area contributed by atoms with E-state index in [0.29, 0.717) is 21.7 Å². The summed E-state index contributed by atoms with van der Waals surface area (Å²) in [5.41, 5.74) is 1.57. The van der Waals surface area contributed by atoms with Gasteiger partial charge >= 0.3 is 0 Å². The number of hydrogen-bond acceptors (Lipinski definition) is 2. The van der Waals surface area contributed by atoms with Gasteiger partial charge in [-0.25, -0.2) is 0 Å². The van der Waals surface area contributed by atoms with Crippen LogP contribution in [0.25, 0.3) is 0 Å². The van der Waals surface area contributed by atoms with Crippen LogP contribution in [-0.4, -0.2) is 5.91 Å². The fraction of sp³-hybridized carbons (Fsp3) is 0.375. The SMILES string of the molecule is CC1CCC(=C(C#N)C(=O)Nc2cc(Cl)ccc2Cl)CC1. The number of halogens is 2. The minimum absolute atomic E-state index is 0.206. The molecule has 2 rings (SSSR count). The summed E-state index contributed by atoms with van der Waals surface area (Å²) in [6.45, 7) is 2.19. The van der Waals surface area contributed by atoms with Gasteiger partial charge in [-0.3, -0.25) is 4.79 Å². The molecule has 0 radical (unpaired) electrons. The first-order chi connectivity index (χ1) is 10.0. The molecule has 1 aliphatic rings. The normalized spacial score (nSPS) is 18.0. The number of carbonyl (C=O) groups is 1. The summed E-state index contributed by atoms with van der Waals surface area (Å²) >= 11 is 11.9. The number of allylic oxidation sites excluding steroid dienone is 1. The minimum Gasteiger partial charge on any atom is -0.320 e. The van der Waals surface area contributed by atoms with Crippen molar-refractivity contribution >= 4 is 34.8 Å². The summed E-state index contributed by atoms with van der Waals surface area (Å²) in [5.74, 6) is 0.241. The lowest BCUT2D eigenvalue weighted by atomic mass is 9.85. The molecule has 0 aliphatic heterocycles. The average Bonchev–Trinajstić information content (AvgIpc) is 2.46. The molecule has 1 aliphatic carbocycles. The number of benzene rings is 1. The van der Waals surface area contributed by atoms with Gasteiger partial charge in [-0.15, -0.1) is 0 Å². The quantitative estimate of drug-likeness (QED) is 0.617. The Hall–Kier alpha value is -1.50. The molecule has 0 unspecified atom stereocenters. The van der Waals surface area contributed by atoms with Crippen LogP contribution in [0.4, 0.5) is 5.69 Å². The smallest absolute Gasteiger partial charge is 0.266 e. The van der Waals surface area contributed by atoms with E-state index in [-0.39, 0.29) is 5.57 Å². The van der Waals surface area contributed by atoms with Crippen molar-refractivity contribution in [3.8, 4) is 6.07 Å². The fourth-order valence-electron chi connectivity index (χ4n) is 2.43. The van der Waals surface area contributed by atoms with Crippen molar-refractivity contribution in [1.29, 1.82) is 5.26 Å². The Labute approximate surface area is 134 Å². The molecule has 1 saturated carbocycles. The monoisotopic (exact) mass is 322 g/mol. The Kier molecular flexibility index (Phi) is 5.27. The molecule has 1 aromatic carbocycles. The molecule has 0 atom stereocenters. The zero-order valence-electron chi connectivity index (χ0n) is 11.7. The second-order valence-corrected chi connectivity index (χ2v) is 6.19. The average molecular weight is 323 g/mol. The van der Waals surface area contributed by atoms with E-state index in [9.17, 15) is 10.1 Å². The van der Waals surface area contributed by atoms with E-state index < -0.39 is 5.91 Å². The molecule has 0 spiro atoms.